The molecule has 0 aromatic heterocycles. The molecule has 54 heavy (non-hydrogen) atoms. The van der Waals surface area contributed by atoms with Gasteiger partial charge in [-0.15, -0.1) is 0 Å². The highest BCUT2D eigenvalue weighted by atomic mass is 32.2. The van der Waals surface area contributed by atoms with E-state index in [-0.39, 0.29) is 29.2 Å². The summed E-state index contributed by atoms with van der Waals surface area (Å²) >= 11 is 0. The van der Waals surface area contributed by atoms with Crippen molar-refractivity contribution in [3.8, 4) is 0 Å². The molecule has 0 saturated carbocycles. The van der Waals surface area contributed by atoms with Crippen molar-refractivity contribution in [1.29, 1.82) is 0 Å². The van der Waals surface area contributed by atoms with Gasteiger partial charge in [0.1, 0.15) is 6.04 Å². The highest BCUT2D eigenvalue weighted by Crippen LogP contribution is 2.22. The summed E-state index contributed by atoms with van der Waals surface area (Å²) in [6.45, 7) is 8.06. The van der Waals surface area contributed by atoms with Crippen LogP contribution in [-0.2, 0) is 43.7 Å². The number of nitrogens with zero attached hydrogens (tertiary/aromatic N) is 5. The van der Waals surface area contributed by atoms with Gasteiger partial charge in [0, 0.05) is 96.8 Å². The van der Waals surface area contributed by atoms with Crippen LogP contribution in [0.15, 0.2) is 120 Å². The molecule has 3 amide bonds. The molecule has 11 heteroatoms. The first-order valence-corrected chi connectivity index (χ1v) is 20.4. The van der Waals surface area contributed by atoms with Crippen LogP contribution in [0.2, 0.25) is 0 Å². The molecule has 0 spiro atoms. The van der Waals surface area contributed by atoms with Crippen molar-refractivity contribution in [2.75, 3.05) is 63.5 Å². The molecule has 2 heterocycles. The topological polar surface area (TPSA) is 102 Å². The van der Waals surface area contributed by atoms with Crippen LogP contribution in [0.4, 0.5) is 5.69 Å². The van der Waals surface area contributed by atoms with E-state index < -0.39 is 15.9 Å². The molecule has 1 atom stereocenters. The Morgan fingerprint density at radius 1 is 0.685 bits per heavy atom. The minimum atomic E-state index is -3.36. The Labute approximate surface area is 319 Å². The van der Waals surface area contributed by atoms with Crippen LogP contribution in [0.5, 0.6) is 0 Å². The van der Waals surface area contributed by atoms with Crippen LogP contribution in [0.1, 0.15) is 29.2 Å². The molecule has 4 aromatic carbocycles. The number of hydrogen-bond donors (Lipinski definition) is 0. The molecule has 0 unspecified atom stereocenters. The number of amides is 3. The standard InChI is InChI=1S/C43H49N5O5S/c1-34(49)45-27-29-46(30-28-45)39-18-13-38(14-19-39)33-48(42(50)22-17-35-15-20-40(21-16-35)54(2,52)53)41(31-36-9-5-3-6-10-36)43(51)47-25-23-44(24-26-47)32-37-11-7-4-8-12-37/h3-22,41H,23-33H2,1-2H3/t41-/m0/s1. The summed E-state index contributed by atoms with van der Waals surface area (Å²) in [5.74, 6) is -0.315. The predicted octanol–water partition coefficient (Wildman–Crippen LogP) is 4.76. The van der Waals surface area contributed by atoms with Crippen molar-refractivity contribution in [1.82, 2.24) is 19.6 Å². The molecule has 0 N–H and O–H groups in total. The minimum absolute atomic E-state index is 0.0857. The van der Waals surface area contributed by atoms with E-state index in [4.69, 9.17) is 0 Å². The number of carbonyl (C=O) groups is 3. The van der Waals surface area contributed by atoms with Gasteiger partial charge < -0.3 is 19.6 Å². The Bertz CT molecular complexity index is 2010. The smallest absolute Gasteiger partial charge is 0.247 e. The summed E-state index contributed by atoms with van der Waals surface area (Å²) in [6, 6.07) is 33.8. The molecule has 2 aliphatic rings. The van der Waals surface area contributed by atoms with Gasteiger partial charge in [-0.25, -0.2) is 8.42 Å². The van der Waals surface area contributed by atoms with Crippen molar-refractivity contribution < 1.29 is 22.8 Å². The van der Waals surface area contributed by atoms with E-state index in [1.807, 2.05) is 82.6 Å². The first kappa shape index (κ1) is 38.5. The normalized spacial score (nSPS) is 16.0. The zero-order valence-electron chi connectivity index (χ0n) is 31.1. The number of piperazine rings is 2. The van der Waals surface area contributed by atoms with Gasteiger partial charge in [-0.3, -0.25) is 19.3 Å². The molecule has 0 radical (unpaired) electrons. The molecular formula is C43H49N5O5S. The monoisotopic (exact) mass is 747 g/mol. The lowest BCUT2D eigenvalue weighted by molar-refractivity contribution is -0.145. The van der Waals surface area contributed by atoms with Gasteiger partial charge in [0.05, 0.1) is 4.90 Å². The van der Waals surface area contributed by atoms with Gasteiger partial charge in [-0.1, -0.05) is 84.9 Å². The van der Waals surface area contributed by atoms with E-state index >= 15 is 0 Å². The van der Waals surface area contributed by atoms with E-state index in [1.165, 1.54) is 23.8 Å². The second-order valence-corrected chi connectivity index (χ2v) is 16.1. The average Bonchev–Trinajstić information content (AvgIpc) is 3.19. The largest absolute Gasteiger partial charge is 0.368 e. The zero-order chi connectivity index (χ0) is 38.1. The third-order valence-corrected chi connectivity index (χ3v) is 11.4. The molecule has 0 bridgehead atoms. The first-order chi connectivity index (χ1) is 26.0. The second kappa shape index (κ2) is 17.7. The van der Waals surface area contributed by atoms with E-state index in [0.717, 1.165) is 55.8 Å². The second-order valence-electron chi connectivity index (χ2n) is 14.1. The summed E-state index contributed by atoms with van der Waals surface area (Å²) < 4.78 is 24.0. The number of hydrogen-bond acceptors (Lipinski definition) is 7. The van der Waals surface area contributed by atoms with Crippen molar-refractivity contribution >= 4 is 39.3 Å². The van der Waals surface area contributed by atoms with Gasteiger partial charge >= 0.3 is 0 Å². The van der Waals surface area contributed by atoms with Crippen LogP contribution >= 0.6 is 0 Å². The van der Waals surface area contributed by atoms with E-state index in [9.17, 15) is 22.8 Å². The third-order valence-electron chi connectivity index (χ3n) is 10.3. The first-order valence-electron chi connectivity index (χ1n) is 18.5. The number of benzene rings is 4. The number of rotatable bonds is 12. The molecular weight excluding hydrogens is 699 g/mol. The lowest BCUT2D eigenvalue weighted by atomic mass is 10.0. The maximum absolute atomic E-state index is 14.6. The fraction of sp³-hybridized carbons (Fsp3) is 0.326. The lowest BCUT2D eigenvalue weighted by Gasteiger charge is -2.39. The highest BCUT2D eigenvalue weighted by Gasteiger charge is 2.34. The van der Waals surface area contributed by atoms with E-state index in [2.05, 4.69) is 21.9 Å². The molecule has 282 valence electrons. The Kier molecular flexibility index (Phi) is 12.6. The fourth-order valence-electron chi connectivity index (χ4n) is 7.07. The van der Waals surface area contributed by atoms with Gasteiger partial charge in [0.15, 0.2) is 9.84 Å². The average molecular weight is 748 g/mol. The van der Waals surface area contributed by atoms with E-state index in [1.54, 1.807) is 30.0 Å². The Morgan fingerprint density at radius 2 is 1.26 bits per heavy atom. The maximum Gasteiger partial charge on any atom is 0.247 e. The van der Waals surface area contributed by atoms with Crippen molar-refractivity contribution in [3.63, 3.8) is 0 Å². The summed E-state index contributed by atoms with van der Waals surface area (Å²) in [6.07, 6.45) is 4.65. The molecule has 0 aliphatic carbocycles. The molecule has 2 saturated heterocycles. The Hall–Kier alpha value is -5.26. The molecule has 2 fully saturated rings. The van der Waals surface area contributed by atoms with Crippen LogP contribution in [0, 0.1) is 0 Å². The maximum atomic E-state index is 14.6. The molecule has 10 nitrogen and oxygen atoms in total. The van der Waals surface area contributed by atoms with Crippen LogP contribution in [0.25, 0.3) is 6.08 Å². The van der Waals surface area contributed by atoms with Gasteiger partial charge in [0.2, 0.25) is 17.7 Å². The lowest BCUT2D eigenvalue weighted by Crippen LogP contribution is -2.56. The van der Waals surface area contributed by atoms with Crippen molar-refractivity contribution in [2.24, 2.45) is 0 Å². The van der Waals surface area contributed by atoms with Crippen molar-refractivity contribution in [3.05, 3.63) is 138 Å². The van der Waals surface area contributed by atoms with Gasteiger partial charge in [0.25, 0.3) is 0 Å². The van der Waals surface area contributed by atoms with Crippen LogP contribution in [-0.4, -0.2) is 110 Å². The fourth-order valence-corrected chi connectivity index (χ4v) is 7.70. The summed E-state index contributed by atoms with van der Waals surface area (Å²) in [5.41, 5.74) is 4.79. The Balaban J connectivity index is 1.25. The molecule has 4 aromatic rings. The van der Waals surface area contributed by atoms with Gasteiger partial charge in [-0.2, -0.15) is 0 Å². The predicted molar refractivity (Wildman–Crippen MR) is 212 cm³/mol. The van der Waals surface area contributed by atoms with Crippen molar-refractivity contribution in [2.45, 2.75) is 37.4 Å². The quantitative estimate of drug-likeness (QED) is 0.193. The minimum Gasteiger partial charge on any atom is -0.368 e. The number of carbonyl (C=O) groups excluding carboxylic acids is 3. The molecule has 2 aliphatic heterocycles. The van der Waals surface area contributed by atoms with Gasteiger partial charge in [-0.05, 0) is 52.6 Å². The Morgan fingerprint density at radius 3 is 1.83 bits per heavy atom. The highest BCUT2D eigenvalue weighted by molar-refractivity contribution is 7.90. The zero-order valence-corrected chi connectivity index (χ0v) is 31.9. The summed E-state index contributed by atoms with van der Waals surface area (Å²) in [4.78, 5) is 51.1. The summed E-state index contributed by atoms with van der Waals surface area (Å²) in [7, 11) is -3.36. The third kappa shape index (κ3) is 10.2. The van der Waals surface area contributed by atoms with E-state index in [0.29, 0.717) is 38.2 Å². The SMILES string of the molecule is CC(=O)N1CCN(c2ccc(CN(C(=O)C=Cc3ccc(S(C)(=O)=O)cc3)[C@@H](Cc3ccccc3)C(=O)N3CCN(Cc4ccccc4)CC3)cc2)CC1. The van der Waals surface area contributed by atoms with Crippen LogP contribution < -0.4 is 4.90 Å². The number of sulfone groups is 1. The number of anilines is 1. The summed E-state index contributed by atoms with van der Waals surface area (Å²) in [5, 5.41) is 0. The molecule has 6 rings (SSSR count). The van der Waals surface area contributed by atoms with Crippen LogP contribution in [0.3, 0.4) is 0 Å².